The molecule has 0 aliphatic carbocycles. The highest BCUT2D eigenvalue weighted by molar-refractivity contribution is 6.68. The van der Waals surface area contributed by atoms with Crippen LogP contribution in [-0.4, -0.2) is 29.9 Å². The molecule has 0 heterocycles. The molecule has 0 radical (unpaired) electrons. The van der Waals surface area contributed by atoms with Crippen molar-refractivity contribution in [2.24, 2.45) is 0 Å². The fourth-order valence-corrected chi connectivity index (χ4v) is 2.21. The molecule has 19 heavy (non-hydrogen) atoms. The second kappa shape index (κ2) is 6.79. The molecule has 1 atom stereocenters. The number of alkyl halides is 3. The lowest BCUT2D eigenvalue weighted by atomic mass is 10.1. The molecular formula is C11H9Cl3F3NO. The Balaban J connectivity index is 3.07. The molecule has 1 unspecified atom stereocenters. The van der Waals surface area contributed by atoms with Gasteiger partial charge in [-0.15, -0.1) is 0 Å². The van der Waals surface area contributed by atoms with E-state index in [4.69, 9.17) is 34.8 Å². The Morgan fingerprint density at radius 1 is 1.32 bits per heavy atom. The van der Waals surface area contributed by atoms with Gasteiger partial charge < -0.3 is 0 Å². The molecule has 106 valence electrons. The van der Waals surface area contributed by atoms with Gasteiger partial charge in [-0.3, -0.25) is 9.69 Å². The molecule has 8 heteroatoms. The van der Waals surface area contributed by atoms with Gasteiger partial charge in [0.1, 0.15) is 0 Å². The van der Waals surface area contributed by atoms with Crippen LogP contribution in [0.4, 0.5) is 13.2 Å². The molecule has 0 saturated heterocycles. The molecule has 0 aliphatic heterocycles. The topological polar surface area (TPSA) is 20.3 Å². The molecule has 0 aromatic heterocycles. The molecule has 0 N–H and O–H groups in total. The number of hydrogen-bond donors (Lipinski definition) is 0. The molecular weight excluding hydrogens is 325 g/mol. The minimum Gasteiger partial charge on any atom is -0.276 e. The first-order chi connectivity index (χ1) is 8.75. The standard InChI is InChI=1S/C11H9Cl3F3NO/c1-18(11(17)10(15)16)4-6-7(12)3-2-5(8(6)13)9(14)19/h2-3,10-11H,4H2,1H3. The SMILES string of the molecule is CN(Cc1c(Cl)ccc(C(=O)Cl)c1Cl)C(F)C(F)F. The van der Waals surface area contributed by atoms with Crippen molar-refractivity contribution in [2.75, 3.05) is 7.05 Å². The number of carbonyl (C=O) groups is 1. The van der Waals surface area contributed by atoms with E-state index < -0.39 is 18.0 Å². The Bertz CT molecular complexity index is 484. The molecule has 2 nitrogen and oxygen atoms in total. The summed E-state index contributed by atoms with van der Waals surface area (Å²) in [6.45, 7) is -0.277. The van der Waals surface area contributed by atoms with E-state index in [9.17, 15) is 18.0 Å². The smallest absolute Gasteiger partial charge is 0.276 e. The predicted octanol–water partition coefficient (Wildman–Crippen LogP) is 4.36. The van der Waals surface area contributed by atoms with Gasteiger partial charge in [0, 0.05) is 17.1 Å². The fraction of sp³-hybridized carbons (Fsp3) is 0.364. The fourth-order valence-electron chi connectivity index (χ4n) is 1.42. The molecule has 0 amide bonds. The molecule has 0 aliphatic rings. The summed E-state index contributed by atoms with van der Waals surface area (Å²) in [5.74, 6) is 0. The first-order valence-corrected chi connectivity index (χ1v) is 6.18. The van der Waals surface area contributed by atoms with Crippen LogP contribution in [0.1, 0.15) is 15.9 Å². The van der Waals surface area contributed by atoms with Gasteiger partial charge in [0.2, 0.25) is 6.30 Å². The lowest BCUT2D eigenvalue weighted by Crippen LogP contribution is -2.33. The van der Waals surface area contributed by atoms with Crippen molar-refractivity contribution >= 4 is 40.0 Å². The lowest BCUT2D eigenvalue weighted by molar-refractivity contribution is -0.0405. The summed E-state index contributed by atoms with van der Waals surface area (Å²) in [7, 11) is 1.15. The van der Waals surface area contributed by atoms with Gasteiger partial charge in [-0.25, -0.2) is 13.2 Å². The van der Waals surface area contributed by atoms with Crippen LogP contribution >= 0.6 is 34.8 Å². The third kappa shape index (κ3) is 3.99. The van der Waals surface area contributed by atoms with Crippen LogP contribution in [0.5, 0.6) is 0 Å². The number of nitrogens with zero attached hydrogens (tertiary/aromatic N) is 1. The maximum absolute atomic E-state index is 13.1. The second-order valence-corrected chi connectivity index (χ2v) is 4.91. The summed E-state index contributed by atoms with van der Waals surface area (Å²) in [5.41, 5.74) is 0.157. The van der Waals surface area contributed by atoms with Crippen LogP contribution in [0.15, 0.2) is 12.1 Å². The van der Waals surface area contributed by atoms with Gasteiger partial charge in [-0.1, -0.05) is 23.2 Å². The average Bonchev–Trinajstić information content (AvgIpc) is 2.32. The van der Waals surface area contributed by atoms with E-state index in [-0.39, 0.29) is 27.7 Å². The zero-order valence-corrected chi connectivity index (χ0v) is 11.9. The van der Waals surface area contributed by atoms with E-state index in [0.29, 0.717) is 0 Å². The average molecular weight is 335 g/mol. The quantitative estimate of drug-likeness (QED) is 0.589. The molecule has 0 saturated carbocycles. The van der Waals surface area contributed by atoms with E-state index in [1.54, 1.807) is 0 Å². The molecule has 1 rings (SSSR count). The zero-order chi connectivity index (χ0) is 14.7. The van der Waals surface area contributed by atoms with E-state index in [1.807, 2.05) is 0 Å². The first kappa shape index (κ1) is 16.6. The molecule has 0 fully saturated rings. The minimum absolute atomic E-state index is 0.0106. The van der Waals surface area contributed by atoms with E-state index >= 15 is 0 Å². The van der Waals surface area contributed by atoms with Crippen LogP contribution < -0.4 is 0 Å². The van der Waals surface area contributed by atoms with Gasteiger partial charge in [-0.05, 0) is 30.8 Å². The van der Waals surface area contributed by atoms with Gasteiger partial charge in [0.05, 0.1) is 10.6 Å². The van der Waals surface area contributed by atoms with Crippen LogP contribution in [0.25, 0.3) is 0 Å². The molecule has 0 bridgehead atoms. The normalized spacial score (nSPS) is 13.1. The predicted molar refractivity (Wildman–Crippen MR) is 69.0 cm³/mol. The summed E-state index contributed by atoms with van der Waals surface area (Å²) in [6, 6.07) is 2.66. The molecule has 0 spiro atoms. The maximum atomic E-state index is 13.1. The number of carbonyl (C=O) groups excluding carboxylic acids is 1. The van der Waals surface area contributed by atoms with Crippen LogP contribution in [0, 0.1) is 0 Å². The van der Waals surface area contributed by atoms with Crippen molar-refractivity contribution in [1.29, 1.82) is 0 Å². The highest BCUT2D eigenvalue weighted by atomic mass is 35.5. The molecule has 1 aromatic rings. The van der Waals surface area contributed by atoms with Crippen LogP contribution in [-0.2, 0) is 6.54 Å². The number of hydrogen-bond acceptors (Lipinski definition) is 2. The first-order valence-electron chi connectivity index (χ1n) is 5.04. The van der Waals surface area contributed by atoms with Crippen LogP contribution in [0.3, 0.4) is 0 Å². The van der Waals surface area contributed by atoms with Crippen molar-refractivity contribution in [3.63, 3.8) is 0 Å². The van der Waals surface area contributed by atoms with E-state index in [1.165, 1.54) is 12.1 Å². The molecule has 1 aromatic carbocycles. The van der Waals surface area contributed by atoms with Crippen LogP contribution in [0.2, 0.25) is 10.0 Å². The third-order valence-corrected chi connectivity index (χ3v) is 3.42. The lowest BCUT2D eigenvalue weighted by Gasteiger charge is -2.22. The van der Waals surface area contributed by atoms with Gasteiger partial charge in [0.15, 0.2) is 0 Å². The Kier molecular flexibility index (Phi) is 5.92. The van der Waals surface area contributed by atoms with E-state index in [0.717, 1.165) is 11.9 Å². The Labute approximate surface area is 123 Å². The number of rotatable bonds is 5. The summed E-state index contributed by atoms with van der Waals surface area (Å²) < 4.78 is 37.6. The maximum Gasteiger partial charge on any atom is 0.282 e. The Morgan fingerprint density at radius 3 is 2.37 bits per heavy atom. The number of benzene rings is 1. The highest BCUT2D eigenvalue weighted by Gasteiger charge is 2.26. The van der Waals surface area contributed by atoms with Crippen molar-refractivity contribution < 1.29 is 18.0 Å². The Morgan fingerprint density at radius 2 is 1.89 bits per heavy atom. The van der Waals surface area contributed by atoms with Gasteiger partial charge in [0.25, 0.3) is 11.7 Å². The van der Waals surface area contributed by atoms with Crippen molar-refractivity contribution in [1.82, 2.24) is 4.90 Å². The van der Waals surface area contributed by atoms with E-state index in [2.05, 4.69) is 0 Å². The summed E-state index contributed by atoms with van der Waals surface area (Å²) >= 11 is 17.1. The summed E-state index contributed by atoms with van der Waals surface area (Å²) in [4.78, 5) is 11.8. The van der Waals surface area contributed by atoms with Crippen molar-refractivity contribution in [2.45, 2.75) is 19.3 Å². The van der Waals surface area contributed by atoms with Crippen molar-refractivity contribution in [3.05, 3.63) is 33.3 Å². The third-order valence-electron chi connectivity index (χ3n) is 2.43. The largest absolute Gasteiger partial charge is 0.282 e. The van der Waals surface area contributed by atoms with Gasteiger partial charge in [-0.2, -0.15) is 0 Å². The Hall–Kier alpha value is -0.490. The summed E-state index contributed by atoms with van der Waals surface area (Å²) in [5, 5.41) is -0.739. The van der Waals surface area contributed by atoms with Gasteiger partial charge >= 0.3 is 0 Å². The summed E-state index contributed by atoms with van der Waals surface area (Å²) in [6.07, 6.45) is -5.61. The van der Waals surface area contributed by atoms with Crippen molar-refractivity contribution in [3.8, 4) is 0 Å². The monoisotopic (exact) mass is 333 g/mol. The second-order valence-electron chi connectivity index (χ2n) is 3.78. The zero-order valence-electron chi connectivity index (χ0n) is 9.64. The highest BCUT2D eigenvalue weighted by Crippen LogP contribution is 2.31. The minimum atomic E-state index is -3.15. The number of halogens is 6.